The van der Waals surface area contributed by atoms with Gasteiger partial charge in [-0.3, -0.25) is 9.48 Å². The van der Waals surface area contributed by atoms with E-state index in [0.29, 0.717) is 28.7 Å². The van der Waals surface area contributed by atoms with Gasteiger partial charge in [-0.05, 0) is 53.2 Å². The molecule has 5 rings (SSSR count). The zero-order chi connectivity index (χ0) is 26.2. The fourth-order valence-corrected chi connectivity index (χ4v) is 5.55. The summed E-state index contributed by atoms with van der Waals surface area (Å²) >= 11 is 7.14. The molecule has 1 atom stereocenters. The number of aliphatic imine (C=N–C) groups is 1. The maximum Gasteiger partial charge on any atom is 0.416 e. The van der Waals surface area contributed by atoms with Crippen LogP contribution < -0.4 is 5.32 Å². The van der Waals surface area contributed by atoms with Gasteiger partial charge < -0.3 is 15.0 Å². The van der Waals surface area contributed by atoms with Crippen molar-refractivity contribution in [3.8, 4) is 0 Å². The molecule has 1 N–H and O–H groups in total. The van der Waals surface area contributed by atoms with Crippen molar-refractivity contribution in [3.63, 3.8) is 0 Å². The lowest BCUT2D eigenvalue weighted by Crippen LogP contribution is -2.53. The molecule has 1 unspecified atom stereocenters. The quantitative estimate of drug-likeness (QED) is 0.467. The van der Waals surface area contributed by atoms with E-state index in [0.717, 1.165) is 30.1 Å². The van der Waals surface area contributed by atoms with E-state index < -0.39 is 11.7 Å². The highest BCUT2D eigenvalue weighted by Crippen LogP contribution is 2.35. The highest BCUT2D eigenvalue weighted by atomic mass is 35.5. The minimum atomic E-state index is -4.52. The Balaban J connectivity index is 1.33. The summed E-state index contributed by atoms with van der Waals surface area (Å²) in [5.41, 5.74) is 0.749. The van der Waals surface area contributed by atoms with Crippen molar-refractivity contribution < 1.29 is 22.7 Å². The molecule has 12 heteroatoms. The molecule has 0 bridgehead atoms. The topological polar surface area (TPSA) is 71.8 Å². The molecule has 0 radical (unpaired) electrons. The Hall–Kier alpha value is -2.86. The number of hydrogen-bond donors (Lipinski definition) is 1. The average Bonchev–Trinajstić information content (AvgIpc) is 3.43. The molecule has 1 aromatic heterocycles. The zero-order valence-corrected chi connectivity index (χ0v) is 21.3. The van der Waals surface area contributed by atoms with Gasteiger partial charge >= 0.3 is 6.18 Å². The number of nitrogens with one attached hydrogen (secondary N) is 1. The number of aromatic nitrogens is 2. The van der Waals surface area contributed by atoms with Gasteiger partial charge in [-0.2, -0.15) is 23.3 Å². The molecule has 2 aliphatic heterocycles. The first-order chi connectivity index (χ1) is 17.7. The molecule has 0 spiro atoms. The van der Waals surface area contributed by atoms with Crippen molar-refractivity contribution >= 4 is 51.4 Å². The number of halogens is 4. The molecule has 194 valence electrons. The number of rotatable bonds is 5. The number of amidine groups is 1. The number of carbonyl (C=O) groups is 1. The van der Waals surface area contributed by atoms with Crippen molar-refractivity contribution in [2.75, 3.05) is 33.4 Å². The molecule has 0 saturated carbocycles. The highest BCUT2D eigenvalue weighted by molar-refractivity contribution is 8.18. The molecule has 0 aliphatic carbocycles. The predicted molar refractivity (Wildman–Crippen MR) is 139 cm³/mol. The van der Waals surface area contributed by atoms with Gasteiger partial charge in [0.1, 0.15) is 0 Å². The van der Waals surface area contributed by atoms with Gasteiger partial charge in [-0.1, -0.05) is 23.7 Å². The largest absolute Gasteiger partial charge is 0.416 e. The number of piperazine rings is 1. The van der Waals surface area contributed by atoms with Crippen LogP contribution >= 0.6 is 23.4 Å². The van der Waals surface area contributed by atoms with Gasteiger partial charge in [0.2, 0.25) is 0 Å². The first-order valence-electron chi connectivity index (χ1n) is 11.5. The highest BCUT2D eigenvalue weighted by Gasteiger charge is 2.34. The van der Waals surface area contributed by atoms with Gasteiger partial charge in [0, 0.05) is 43.2 Å². The number of thioether (sulfide) groups is 1. The molecule has 1 amide bonds. The molecule has 37 heavy (non-hydrogen) atoms. The van der Waals surface area contributed by atoms with Crippen LogP contribution in [0.25, 0.3) is 17.0 Å². The summed E-state index contributed by atoms with van der Waals surface area (Å²) in [6.45, 7) is 2.75. The van der Waals surface area contributed by atoms with Crippen LogP contribution in [-0.2, 0) is 22.3 Å². The fraction of sp³-hybridized carbons (Fsp3) is 0.320. The van der Waals surface area contributed by atoms with Crippen LogP contribution in [0.5, 0.6) is 0 Å². The number of amides is 1. The zero-order valence-electron chi connectivity index (χ0n) is 19.8. The number of benzene rings is 2. The van der Waals surface area contributed by atoms with E-state index in [1.165, 1.54) is 28.6 Å². The normalized spacial score (nSPS) is 19.8. The molecule has 1 fully saturated rings. The summed E-state index contributed by atoms with van der Waals surface area (Å²) in [6, 6.07) is 9.35. The number of hydrogen-bond acceptors (Lipinski definition) is 6. The molecule has 3 heterocycles. The minimum absolute atomic E-state index is 0.0253. The van der Waals surface area contributed by atoms with Crippen LogP contribution in [0.4, 0.5) is 13.2 Å². The second-order valence-electron chi connectivity index (χ2n) is 8.78. The Labute approximate surface area is 220 Å². The van der Waals surface area contributed by atoms with Gasteiger partial charge in [0.05, 0.1) is 35.3 Å². The summed E-state index contributed by atoms with van der Waals surface area (Å²) in [5, 5.41) is 9.13. The molecule has 2 aliphatic rings. The van der Waals surface area contributed by atoms with Crippen molar-refractivity contribution in [1.82, 2.24) is 20.0 Å². The smallest absolute Gasteiger partial charge is 0.383 e. The van der Waals surface area contributed by atoms with E-state index in [1.54, 1.807) is 25.4 Å². The SMILES string of the molecule is COCC1CN(C2=NC(=O)/C(=C\c3ccc4c(cnn4Cc4ccc(Cl)cc4C(F)(F)F)c3)S2)CCN1. The van der Waals surface area contributed by atoms with E-state index in [-0.39, 0.29) is 29.1 Å². The molecule has 2 aromatic carbocycles. The first kappa shape index (κ1) is 25.8. The van der Waals surface area contributed by atoms with Crippen molar-refractivity contribution in [3.05, 3.63) is 69.2 Å². The lowest BCUT2D eigenvalue weighted by atomic mass is 10.1. The third-order valence-electron chi connectivity index (χ3n) is 6.16. The van der Waals surface area contributed by atoms with Crippen LogP contribution in [0, 0.1) is 0 Å². The first-order valence-corrected chi connectivity index (χ1v) is 12.7. The minimum Gasteiger partial charge on any atom is -0.383 e. The summed E-state index contributed by atoms with van der Waals surface area (Å²) in [4.78, 5) is 19.4. The lowest BCUT2D eigenvalue weighted by Gasteiger charge is -2.34. The molecular weight excluding hydrogens is 527 g/mol. The van der Waals surface area contributed by atoms with Gasteiger partial charge in [-0.15, -0.1) is 0 Å². The molecular formula is C25H23ClF3N5O2S. The van der Waals surface area contributed by atoms with Gasteiger partial charge in [0.25, 0.3) is 5.91 Å². The summed E-state index contributed by atoms with van der Waals surface area (Å²) < 4.78 is 47.3. The van der Waals surface area contributed by atoms with Crippen LogP contribution in [0.15, 0.2) is 52.5 Å². The van der Waals surface area contributed by atoms with E-state index in [1.807, 2.05) is 12.1 Å². The second kappa shape index (κ2) is 10.5. The van der Waals surface area contributed by atoms with Crippen LogP contribution in [-0.4, -0.2) is 65.1 Å². The number of nitrogens with zero attached hydrogens (tertiary/aromatic N) is 4. The monoisotopic (exact) mass is 549 g/mol. The Morgan fingerprint density at radius 2 is 2.11 bits per heavy atom. The Morgan fingerprint density at radius 3 is 2.89 bits per heavy atom. The van der Waals surface area contributed by atoms with Crippen LogP contribution in [0.3, 0.4) is 0 Å². The number of fused-ring (bicyclic) bond motifs is 1. The van der Waals surface area contributed by atoms with E-state index in [9.17, 15) is 18.0 Å². The number of carbonyl (C=O) groups excluding carboxylic acids is 1. The summed E-state index contributed by atoms with van der Waals surface area (Å²) in [5.74, 6) is -0.292. The van der Waals surface area contributed by atoms with Crippen LogP contribution in [0.1, 0.15) is 16.7 Å². The third-order valence-corrected chi connectivity index (χ3v) is 7.44. The summed E-state index contributed by atoms with van der Waals surface area (Å²) in [6.07, 6.45) is -1.15. The fourth-order valence-electron chi connectivity index (χ4n) is 4.43. The number of ether oxygens (including phenoxy) is 1. The Morgan fingerprint density at radius 1 is 1.27 bits per heavy atom. The third kappa shape index (κ3) is 5.69. The lowest BCUT2D eigenvalue weighted by molar-refractivity contribution is -0.138. The maximum atomic E-state index is 13.5. The Kier molecular flexibility index (Phi) is 7.30. The van der Waals surface area contributed by atoms with E-state index in [2.05, 4.69) is 20.3 Å². The standard InChI is InChI=1S/C25H23ClF3N5O2S/c1-36-14-19-13-33(7-6-30-19)24-32-23(35)22(37-24)9-15-2-5-21-17(8-15)11-31-34(21)12-16-3-4-18(26)10-20(16)25(27,28)29/h2-5,8-11,19,30H,6-7,12-14H2,1H3/b22-9+. The molecule has 3 aromatic rings. The van der Waals surface area contributed by atoms with Gasteiger partial charge in [-0.25, -0.2) is 0 Å². The van der Waals surface area contributed by atoms with Crippen molar-refractivity contribution in [2.24, 2.45) is 4.99 Å². The Bertz CT molecular complexity index is 1400. The predicted octanol–water partition coefficient (Wildman–Crippen LogP) is 4.65. The second-order valence-corrected chi connectivity index (χ2v) is 10.2. The number of alkyl halides is 3. The van der Waals surface area contributed by atoms with E-state index in [4.69, 9.17) is 16.3 Å². The average molecular weight is 550 g/mol. The maximum absolute atomic E-state index is 13.5. The summed E-state index contributed by atoms with van der Waals surface area (Å²) in [7, 11) is 1.66. The molecule has 7 nitrogen and oxygen atoms in total. The van der Waals surface area contributed by atoms with Crippen molar-refractivity contribution in [2.45, 2.75) is 18.8 Å². The van der Waals surface area contributed by atoms with Crippen molar-refractivity contribution in [1.29, 1.82) is 0 Å². The molecule has 1 saturated heterocycles. The number of methoxy groups -OCH3 is 1. The van der Waals surface area contributed by atoms with E-state index >= 15 is 0 Å². The van der Waals surface area contributed by atoms with Gasteiger partial charge in [0.15, 0.2) is 5.17 Å². The van der Waals surface area contributed by atoms with Crippen LogP contribution in [0.2, 0.25) is 5.02 Å².